The summed E-state index contributed by atoms with van der Waals surface area (Å²) in [7, 11) is 0. The summed E-state index contributed by atoms with van der Waals surface area (Å²) in [6.45, 7) is 0.651. The maximum absolute atomic E-state index is 12.4. The van der Waals surface area contributed by atoms with E-state index in [1.54, 1.807) is 36.5 Å². The number of carbonyl (C=O) groups is 1. The molecule has 3 aromatic rings. The largest absolute Gasteiger partial charge is 0.486 e. The first-order valence-corrected chi connectivity index (χ1v) is 8.33. The van der Waals surface area contributed by atoms with Gasteiger partial charge in [-0.1, -0.05) is 29.8 Å². The van der Waals surface area contributed by atoms with Crippen LogP contribution in [0.3, 0.4) is 0 Å². The van der Waals surface area contributed by atoms with Crippen LogP contribution in [0.1, 0.15) is 0 Å². The van der Waals surface area contributed by atoms with Crippen molar-refractivity contribution in [1.82, 2.24) is 9.78 Å². The summed E-state index contributed by atoms with van der Waals surface area (Å²) in [4.78, 5) is 24.8. The average molecular weight is 372 g/mol. The number of hydrogen-bond acceptors (Lipinski definition) is 5. The molecule has 0 saturated carbocycles. The van der Waals surface area contributed by atoms with Crippen LogP contribution in [0.15, 0.2) is 47.4 Å². The highest BCUT2D eigenvalue weighted by molar-refractivity contribution is 6.34. The Balaban J connectivity index is 1.56. The van der Waals surface area contributed by atoms with Gasteiger partial charge in [0.2, 0.25) is 5.91 Å². The summed E-state index contributed by atoms with van der Waals surface area (Å²) in [6.07, 6.45) is 1.56. The highest BCUT2D eigenvalue weighted by atomic mass is 35.5. The van der Waals surface area contributed by atoms with Crippen molar-refractivity contribution in [2.75, 3.05) is 18.5 Å². The van der Waals surface area contributed by atoms with E-state index in [1.807, 2.05) is 6.07 Å². The van der Waals surface area contributed by atoms with Crippen molar-refractivity contribution < 1.29 is 14.3 Å². The molecule has 0 unspecified atom stereocenters. The second kappa shape index (κ2) is 6.68. The minimum Gasteiger partial charge on any atom is -0.486 e. The van der Waals surface area contributed by atoms with E-state index in [0.717, 1.165) is 10.1 Å². The van der Waals surface area contributed by atoms with Crippen LogP contribution in [-0.2, 0) is 11.3 Å². The summed E-state index contributed by atoms with van der Waals surface area (Å²) in [6, 6.07) is 10.3. The number of fused-ring (bicyclic) bond motifs is 2. The first-order chi connectivity index (χ1) is 12.6. The molecule has 0 fully saturated rings. The number of nitrogens with zero attached hydrogens (tertiary/aromatic N) is 2. The van der Waals surface area contributed by atoms with Gasteiger partial charge >= 0.3 is 0 Å². The quantitative estimate of drug-likeness (QED) is 0.764. The minimum atomic E-state index is -0.423. The van der Waals surface area contributed by atoms with E-state index in [0.29, 0.717) is 40.8 Å². The van der Waals surface area contributed by atoms with Crippen LogP contribution in [0.25, 0.3) is 10.8 Å². The third kappa shape index (κ3) is 3.09. The fourth-order valence-corrected chi connectivity index (χ4v) is 2.93. The predicted molar refractivity (Wildman–Crippen MR) is 97.1 cm³/mol. The standard InChI is InChI=1S/C18H14ClN3O4/c19-13-7-15-16(26-6-5-25-15)8-14(13)21-17(23)10-22-18(24)12-4-2-1-3-11(12)9-20-22/h1-4,7-9H,5-6,10H2,(H,21,23). The van der Waals surface area contributed by atoms with E-state index in [-0.39, 0.29) is 12.1 Å². The Bertz CT molecular complexity index is 1060. The average Bonchev–Trinajstić information content (AvgIpc) is 2.65. The van der Waals surface area contributed by atoms with Crippen LogP contribution in [0.2, 0.25) is 5.02 Å². The van der Waals surface area contributed by atoms with Crippen molar-refractivity contribution in [3.05, 3.63) is 58.0 Å². The van der Waals surface area contributed by atoms with Gasteiger partial charge < -0.3 is 14.8 Å². The molecule has 4 rings (SSSR count). The van der Waals surface area contributed by atoms with Crippen molar-refractivity contribution in [2.45, 2.75) is 6.54 Å². The van der Waals surface area contributed by atoms with Crippen LogP contribution in [-0.4, -0.2) is 28.9 Å². The highest BCUT2D eigenvalue weighted by Gasteiger charge is 2.17. The lowest BCUT2D eigenvalue weighted by Gasteiger charge is -2.20. The number of amides is 1. The zero-order valence-electron chi connectivity index (χ0n) is 13.6. The predicted octanol–water partition coefficient (Wildman–Crippen LogP) is 2.46. The van der Waals surface area contributed by atoms with Gasteiger partial charge in [-0.15, -0.1) is 0 Å². The van der Waals surface area contributed by atoms with Crippen LogP contribution in [0.4, 0.5) is 5.69 Å². The number of carbonyl (C=O) groups excluding carboxylic acids is 1. The molecule has 0 bridgehead atoms. The van der Waals surface area contributed by atoms with E-state index in [4.69, 9.17) is 21.1 Å². The lowest BCUT2D eigenvalue weighted by Crippen LogP contribution is -2.29. The number of ether oxygens (including phenoxy) is 2. The monoisotopic (exact) mass is 371 g/mol. The van der Waals surface area contributed by atoms with Gasteiger partial charge in [-0.3, -0.25) is 9.59 Å². The summed E-state index contributed by atoms with van der Waals surface area (Å²) in [5.74, 6) is 0.622. The van der Waals surface area contributed by atoms with Gasteiger partial charge in [-0.05, 0) is 6.07 Å². The Hall–Kier alpha value is -3.06. The molecule has 1 aromatic heterocycles. The maximum atomic E-state index is 12.4. The van der Waals surface area contributed by atoms with E-state index in [2.05, 4.69) is 10.4 Å². The summed E-state index contributed by atoms with van der Waals surface area (Å²) >= 11 is 6.18. The second-order valence-corrected chi connectivity index (χ2v) is 6.13. The van der Waals surface area contributed by atoms with E-state index in [9.17, 15) is 9.59 Å². The van der Waals surface area contributed by atoms with Crippen LogP contribution >= 0.6 is 11.6 Å². The Kier molecular flexibility index (Phi) is 4.22. The summed E-state index contributed by atoms with van der Waals surface area (Å²) in [5.41, 5.74) is 0.0567. The van der Waals surface area contributed by atoms with Gasteiger partial charge in [0.1, 0.15) is 19.8 Å². The Morgan fingerprint density at radius 2 is 1.92 bits per heavy atom. The lowest BCUT2D eigenvalue weighted by atomic mass is 10.2. The van der Waals surface area contributed by atoms with E-state index in [1.165, 1.54) is 0 Å². The van der Waals surface area contributed by atoms with Gasteiger partial charge in [0, 0.05) is 17.5 Å². The molecule has 0 atom stereocenters. The third-order valence-electron chi connectivity index (χ3n) is 3.96. The molecule has 1 amide bonds. The van der Waals surface area contributed by atoms with E-state index < -0.39 is 5.91 Å². The highest BCUT2D eigenvalue weighted by Crippen LogP contribution is 2.37. The van der Waals surface area contributed by atoms with Crippen molar-refractivity contribution in [2.24, 2.45) is 0 Å². The van der Waals surface area contributed by atoms with Crippen LogP contribution < -0.4 is 20.3 Å². The Morgan fingerprint density at radius 1 is 1.19 bits per heavy atom. The van der Waals surface area contributed by atoms with Crippen molar-refractivity contribution in [1.29, 1.82) is 0 Å². The molecule has 0 aliphatic carbocycles. The smallest absolute Gasteiger partial charge is 0.275 e. The first kappa shape index (κ1) is 16.4. The SMILES string of the molecule is O=C(Cn1ncc2ccccc2c1=O)Nc1cc2c(cc1Cl)OCCO2. The molecule has 0 saturated heterocycles. The van der Waals surface area contributed by atoms with Crippen LogP contribution in [0.5, 0.6) is 11.5 Å². The molecule has 2 heterocycles. The number of aromatic nitrogens is 2. The van der Waals surface area contributed by atoms with Crippen molar-refractivity contribution >= 4 is 34.0 Å². The van der Waals surface area contributed by atoms with Gasteiger partial charge in [-0.2, -0.15) is 5.10 Å². The number of benzene rings is 2. The number of halogens is 1. The molecule has 8 heteroatoms. The zero-order chi connectivity index (χ0) is 18.1. The molecule has 1 aliphatic heterocycles. The maximum Gasteiger partial charge on any atom is 0.275 e. The molecule has 1 N–H and O–H groups in total. The second-order valence-electron chi connectivity index (χ2n) is 5.72. The molecule has 26 heavy (non-hydrogen) atoms. The summed E-state index contributed by atoms with van der Waals surface area (Å²) in [5, 5.41) is 8.28. The summed E-state index contributed by atoms with van der Waals surface area (Å²) < 4.78 is 12.0. The minimum absolute atomic E-state index is 0.228. The van der Waals surface area contributed by atoms with E-state index >= 15 is 0 Å². The third-order valence-corrected chi connectivity index (χ3v) is 4.27. The molecular formula is C18H14ClN3O4. The number of anilines is 1. The van der Waals surface area contributed by atoms with Gasteiger partial charge in [0.25, 0.3) is 5.56 Å². The Labute approximate surface area is 153 Å². The molecule has 2 aromatic carbocycles. The molecule has 132 valence electrons. The van der Waals surface area contributed by atoms with Gasteiger partial charge in [0.15, 0.2) is 11.5 Å². The first-order valence-electron chi connectivity index (χ1n) is 7.96. The molecule has 7 nitrogen and oxygen atoms in total. The zero-order valence-corrected chi connectivity index (χ0v) is 14.3. The number of nitrogens with one attached hydrogen (secondary N) is 1. The fraction of sp³-hybridized carbons (Fsp3) is 0.167. The topological polar surface area (TPSA) is 82.5 Å². The Morgan fingerprint density at radius 3 is 2.73 bits per heavy atom. The molecule has 0 radical (unpaired) electrons. The van der Waals surface area contributed by atoms with Crippen molar-refractivity contribution in [3.63, 3.8) is 0 Å². The number of hydrogen-bond donors (Lipinski definition) is 1. The molecule has 1 aliphatic rings. The van der Waals surface area contributed by atoms with Crippen LogP contribution in [0, 0.1) is 0 Å². The number of rotatable bonds is 3. The molecule has 0 spiro atoms. The van der Waals surface area contributed by atoms with Crippen molar-refractivity contribution in [3.8, 4) is 11.5 Å². The van der Waals surface area contributed by atoms with Gasteiger partial charge in [0.05, 0.1) is 22.3 Å². The lowest BCUT2D eigenvalue weighted by molar-refractivity contribution is -0.117. The molecular weight excluding hydrogens is 358 g/mol. The normalized spacial score (nSPS) is 12.8. The fourth-order valence-electron chi connectivity index (χ4n) is 2.73. The van der Waals surface area contributed by atoms with Gasteiger partial charge in [-0.25, -0.2) is 4.68 Å².